The van der Waals surface area contributed by atoms with Crippen molar-refractivity contribution >= 4 is 0 Å². The van der Waals surface area contributed by atoms with Crippen LogP contribution in [0.5, 0.6) is 0 Å². The van der Waals surface area contributed by atoms with E-state index < -0.39 is 0 Å². The molecule has 0 aromatic carbocycles. The second kappa shape index (κ2) is 10.1. The van der Waals surface area contributed by atoms with Gasteiger partial charge in [0.1, 0.15) is 18.0 Å². The molecule has 3 rings (SSSR count). The number of nitriles is 2. The van der Waals surface area contributed by atoms with E-state index in [1.807, 2.05) is 0 Å². The predicted octanol–water partition coefficient (Wildman–Crippen LogP) is 2.61. The molecule has 3 aliphatic rings. The normalized spacial score (nSPS) is 22.5. The topological polar surface area (TPSA) is 60.5 Å². The fourth-order valence-corrected chi connectivity index (χ4v) is 5.00. The predicted molar refractivity (Wildman–Crippen MR) is 111 cm³/mol. The molecule has 0 aromatic rings. The Bertz CT molecular complexity index is 598. The van der Waals surface area contributed by atoms with Crippen molar-refractivity contribution < 1.29 is 0 Å². The molecule has 3 heterocycles. The smallest absolute Gasteiger partial charge is 0.169 e. The Morgan fingerprint density at radius 2 is 1.61 bits per heavy atom. The Hall–Kier alpha value is -1.76. The van der Waals surface area contributed by atoms with E-state index in [0.29, 0.717) is 17.7 Å². The summed E-state index contributed by atoms with van der Waals surface area (Å²) in [6.45, 7) is 13.1. The van der Waals surface area contributed by atoms with Gasteiger partial charge >= 0.3 is 0 Å². The summed E-state index contributed by atoms with van der Waals surface area (Å²) in [5, 5.41) is 19.1. The first-order valence-corrected chi connectivity index (χ1v) is 11.2. The maximum atomic E-state index is 9.56. The number of hydrogen-bond acceptors (Lipinski definition) is 6. The zero-order valence-electron chi connectivity index (χ0n) is 17.7. The van der Waals surface area contributed by atoms with Crippen LogP contribution in [0.25, 0.3) is 0 Å². The molecule has 154 valence electrons. The Morgan fingerprint density at radius 3 is 2.21 bits per heavy atom. The third kappa shape index (κ3) is 4.99. The van der Waals surface area contributed by atoms with Gasteiger partial charge in [0.25, 0.3) is 0 Å². The highest BCUT2D eigenvalue weighted by Crippen LogP contribution is 2.29. The monoisotopic (exact) mass is 384 g/mol. The summed E-state index contributed by atoms with van der Waals surface area (Å²) in [4.78, 5) is 9.78. The lowest BCUT2D eigenvalue weighted by atomic mass is 10.0. The van der Waals surface area contributed by atoms with Gasteiger partial charge in [0.05, 0.1) is 0 Å². The molecule has 3 aliphatic heterocycles. The Balaban J connectivity index is 1.61. The summed E-state index contributed by atoms with van der Waals surface area (Å²) in [5.41, 5.74) is 0.293. The molecule has 0 bridgehead atoms. The molecule has 3 saturated heterocycles. The van der Waals surface area contributed by atoms with Gasteiger partial charge in [-0.1, -0.05) is 6.42 Å². The Morgan fingerprint density at radius 1 is 0.929 bits per heavy atom. The molecular formula is C22H36N6. The van der Waals surface area contributed by atoms with Gasteiger partial charge in [-0.15, -0.1) is 0 Å². The molecule has 0 N–H and O–H groups in total. The van der Waals surface area contributed by atoms with E-state index in [-0.39, 0.29) is 0 Å². The molecule has 6 nitrogen and oxygen atoms in total. The number of piperidine rings is 2. The first-order chi connectivity index (χ1) is 13.6. The second-order valence-corrected chi connectivity index (χ2v) is 8.72. The highest BCUT2D eigenvalue weighted by Gasteiger charge is 2.35. The molecule has 0 aliphatic carbocycles. The Labute approximate surface area is 171 Å². The number of allylic oxidation sites excluding steroid dienone is 1. The summed E-state index contributed by atoms with van der Waals surface area (Å²) < 4.78 is 0. The van der Waals surface area contributed by atoms with Crippen molar-refractivity contribution in [1.29, 1.82) is 10.5 Å². The number of likely N-dealkylation sites (tertiary alicyclic amines) is 2. The summed E-state index contributed by atoms with van der Waals surface area (Å²) in [6.07, 6.45) is 7.36. The van der Waals surface area contributed by atoms with Crippen LogP contribution in [0.1, 0.15) is 52.4 Å². The van der Waals surface area contributed by atoms with Crippen LogP contribution in [-0.4, -0.2) is 84.0 Å². The molecular weight excluding hydrogens is 348 g/mol. The Kier molecular flexibility index (Phi) is 7.59. The van der Waals surface area contributed by atoms with Crippen molar-refractivity contribution in [2.24, 2.45) is 0 Å². The standard InChI is InChI=1S/C22H36N6/c1-19(2)26-13-7-21(8-14-26)28-16-15-27(22(28)20(17-23)18-24)12-6-11-25-9-4-3-5-10-25/h19,21H,3-16H2,1-2H3. The third-order valence-electron chi connectivity index (χ3n) is 6.65. The number of rotatable bonds is 6. The van der Waals surface area contributed by atoms with Gasteiger partial charge in [-0.3, -0.25) is 0 Å². The molecule has 0 atom stereocenters. The van der Waals surface area contributed by atoms with E-state index in [0.717, 1.165) is 64.4 Å². The fraction of sp³-hybridized carbons (Fsp3) is 0.818. The molecule has 0 radical (unpaired) electrons. The SMILES string of the molecule is CC(C)N1CCC(N2CCN(CCCN3CCCCC3)C2=C(C#N)C#N)CC1. The molecule has 3 fully saturated rings. The fourth-order valence-electron chi connectivity index (χ4n) is 5.00. The van der Waals surface area contributed by atoms with E-state index in [9.17, 15) is 10.5 Å². The highest BCUT2D eigenvalue weighted by molar-refractivity contribution is 5.40. The minimum absolute atomic E-state index is 0.293. The van der Waals surface area contributed by atoms with Crippen LogP contribution in [0.2, 0.25) is 0 Å². The van der Waals surface area contributed by atoms with E-state index in [1.165, 1.54) is 32.4 Å². The van der Waals surface area contributed by atoms with E-state index in [2.05, 4.69) is 45.6 Å². The zero-order chi connectivity index (χ0) is 19.9. The van der Waals surface area contributed by atoms with Gasteiger partial charge in [-0.05, 0) is 65.6 Å². The van der Waals surface area contributed by atoms with E-state index in [4.69, 9.17) is 0 Å². The maximum Gasteiger partial charge on any atom is 0.169 e. The largest absolute Gasteiger partial charge is 0.355 e. The number of nitrogens with zero attached hydrogens (tertiary/aromatic N) is 6. The molecule has 28 heavy (non-hydrogen) atoms. The summed E-state index contributed by atoms with van der Waals surface area (Å²) in [6, 6.07) is 5.39. The van der Waals surface area contributed by atoms with Crippen LogP contribution in [0.4, 0.5) is 0 Å². The minimum atomic E-state index is 0.293. The van der Waals surface area contributed by atoms with Gasteiger partial charge in [-0.2, -0.15) is 10.5 Å². The summed E-state index contributed by atoms with van der Waals surface area (Å²) in [7, 11) is 0. The number of hydrogen-bond donors (Lipinski definition) is 0. The van der Waals surface area contributed by atoms with Crippen molar-refractivity contribution in [1.82, 2.24) is 19.6 Å². The lowest BCUT2D eigenvalue weighted by Gasteiger charge is -2.40. The highest BCUT2D eigenvalue weighted by atomic mass is 15.4. The van der Waals surface area contributed by atoms with Crippen LogP contribution in [0, 0.1) is 22.7 Å². The van der Waals surface area contributed by atoms with Crippen LogP contribution in [0.3, 0.4) is 0 Å². The van der Waals surface area contributed by atoms with Gasteiger partial charge in [0.15, 0.2) is 5.57 Å². The van der Waals surface area contributed by atoms with Crippen molar-refractivity contribution in [3.05, 3.63) is 11.4 Å². The average Bonchev–Trinajstić information content (AvgIpc) is 3.14. The van der Waals surface area contributed by atoms with Crippen molar-refractivity contribution in [2.45, 2.75) is 64.5 Å². The maximum absolute atomic E-state index is 9.56. The van der Waals surface area contributed by atoms with Crippen molar-refractivity contribution in [3.8, 4) is 12.1 Å². The van der Waals surface area contributed by atoms with E-state index >= 15 is 0 Å². The van der Waals surface area contributed by atoms with Crippen molar-refractivity contribution in [2.75, 3.05) is 52.4 Å². The van der Waals surface area contributed by atoms with E-state index in [1.54, 1.807) is 0 Å². The minimum Gasteiger partial charge on any atom is -0.355 e. The molecule has 0 spiro atoms. The zero-order valence-corrected chi connectivity index (χ0v) is 17.7. The molecule has 0 amide bonds. The summed E-state index contributed by atoms with van der Waals surface area (Å²) in [5.74, 6) is 0.909. The van der Waals surface area contributed by atoms with Gasteiger partial charge in [0.2, 0.25) is 0 Å². The van der Waals surface area contributed by atoms with Gasteiger partial charge in [-0.25, -0.2) is 0 Å². The van der Waals surface area contributed by atoms with Crippen LogP contribution < -0.4 is 0 Å². The lowest BCUT2D eigenvalue weighted by molar-refractivity contribution is 0.116. The summed E-state index contributed by atoms with van der Waals surface area (Å²) >= 11 is 0. The lowest BCUT2D eigenvalue weighted by Crippen LogP contribution is -2.46. The molecule has 0 aromatic heterocycles. The molecule has 6 heteroatoms. The van der Waals surface area contributed by atoms with Crippen LogP contribution in [-0.2, 0) is 0 Å². The molecule has 0 unspecified atom stereocenters. The first-order valence-electron chi connectivity index (χ1n) is 11.2. The average molecular weight is 385 g/mol. The molecule has 0 saturated carbocycles. The van der Waals surface area contributed by atoms with Crippen LogP contribution in [0.15, 0.2) is 11.4 Å². The van der Waals surface area contributed by atoms with Crippen molar-refractivity contribution in [3.63, 3.8) is 0 Å². The third-order valence-corrected chi connectivity index (χ3v) is 6.65. The quantitative estimate of drug-likeness (QED) is 0.656. The van der Waals surface area contributed by atoms with Gasteiger partial charge in [0, 0.05) is 44.8 Å². The van der Waals surface area contributed by atoms with Gasteiger partial charge < -0.3 is 19.6 Å². The first kappa shape index (κ1) is 21.0. The second-order valence-electron chi connectivity index (χ2n) is 8.72. The van der Waals surface area contributed by atoms with Crippen LogP contribution >= 0.6 is 0 Å².